The van der Waals surface area contributed by atoms with Crippen molar-refractivity contribution in [3.05, 3.63) is 24.4 Å². The van der Waals surface area contributed by atoms with Crippen molar-refractivity contribution in [1.29, 1.82) is 0 Å². The quantitative estimate of drug-likeness (QED) is 0.925. The second kappa shape index (κ2) is 6.11. The number of carbonyl (C=O) groups excluding carboxylic acids is 1. The van der Waals surface area contributed by atoms with E-state index >= 15 is 0 Å². The van der Waals surface area contributed by atoms with Crippen LogP contribution in [0.2, 0.25) is 0 Å². The smallest absolute Gasteiger partial charge is 0.231 e. The van der Waals surface area contributed by atoms with Crippen molar-refractivity contribution >= 4 is 17.5 Å². The van der Waals surface area contributed by atoms with Crippen LogP contribution in [0.3, 0.4) is 0 Å². The number of hydrogen-bond donors (Lipinski definition) is 1. The fourth-order valence-corrected chi connectivity index (χ4v) is 2.81. The van der Waals surface area contributed by atoms with Gasteiger partial charge in [-0.25, -0.2) is 0 Å². The molecule has 1 N–H and O–H groups in total. The Balaban J connectivity index is 1.75. The molecule has 0 saturated carbocycles. The molecule has 21 heavy (non-hydrogen) atoms. The molecule has 1 aliphatic rings. The van der Waals surface area contributed by atoms with E-state index in [1.165, 1.54) is 0 Å². The number of nitrogens with one attached hydrogen (secondary N) is 1. The molecule has 6 heteroatoms. The Morgan fingerprint density at radius 1 is 1.43 bits per heavy atom. The summed E-state index contributed by atoms with van der Waals surface area (Å²) in [7, 11) is 0. The molecule has 2 aromatic heterocycles. The van der Waals surface area contributed by atoms with Crippen LogP contribution in [-0.2, 0) is 4.79 Å². The molecule has 1 unspecified atom stereocenters. The zero-order valence-electron chi connectivity index (χ0n) is 12.3. The molecular weight excluding hydrogens is 266 g/mol. The molecule has 0 bridgehead atoms. The first-order valence-electron chi connectivity index (χ1n) is 7.62. The van der Waals surface area contributed by atoms with E-state index in [9.17, 15) is 4.79 Å². The van der Waals surface area contributed by atoms with E-state index in [0.29, 0.717) is 6.54 Å². The number of hydrogen-bond acceptors (Lipinski definition) is 4. The standard InChI is InChI=1S/C15H21N5O/c1-2-8-16-14(21)12-6-5-9-19(11-12)15-18-17-13-7-3-4-10-20(13)15/h3-4,7,10,12H,2,5-6,8-9,11H2,1H3,(H,16,21). The Kier molecular flexibility index (Phi) is 4.03. The molecule has 3 rings (SSSR count). The zero-order chi connectivity index (χ0) is 14.7. The molecule has 1 aliphatic heterocycles. The summed E-state index contributed by atoms with van der Waals surface area (Å²) in [5, 5.41) is 11.5. The third-order valence-corrected chi connectivity index (χ3v) is 3.92. The van der Waals surface area contributed by atoms with E-state index in [2.05, 4.69) is 27.3 Å². The maximum absolute atomic E-state index is 12.2. The number of aromatic nitrogens is 3. The van der Waals surface area contributed by atoms with E-state index in [1.807, 2.05) is 28.8 Å². The molecule has 0 spiro atoms. The monoisotopic (exact) mass is 287 g/mol. The summed E-state index contributed by atoms with van der Waals surface area (Å²) in [4.78, 5) is 14.3. The molecule has 1 fully saturated rings. The predicted octanol–water partition coefficient (Wildman–Crippen LogP) is 1.47. The van der Waals surface area contributed by atoms with Gasteiger partial charge in [-0.3, -0.25) is 9.20 Å². The Bertz CT molecular complexity index is 623. The second-order valence-corrected chi connectivity index (χ2v) is 5.51. The molecule has 112 valence electrons. The van der Waals surface area contributed by atoms with Crippen LogP contribution in [-0.4, -0.2) is 40.1 Å². The van der Waals surface area contributed by atoms with Crippen LogP contribution in [0.5, 0.6) is 0 Å². The minimum atomic E-state index is 0.0429. The van der Waals surface area contributed by atoms with Gasteiger partial charge in [-0.05, 0) is 31.4 Å². The van der Waals surface area contributed by atoms with Gasteiger partial charge in [0.15, 0.2) is 5.65 Å². The first-order chi connectivity index (χ1) is 10.3. The van der Waals surface area contributed by atoms with Crippen LogP contribution in [0.1, 0.15) is 26.2 Å². The van der Waals surface area contributed by atoms with Gasteiger partial charge in [0.05, 0.1) is 5.92 Å². The zero-order valence-corrected chi connectivity index (χ0v) is 12.3. The average Bonchev–Trinajstić information content (AvgIpc) is 2.97. The minimum Gasteiger partial charge on any atom is -0.356 e. The number of anilines is 1. The maximum Gasteiger partial charge on any atom is 0.231 e. The largest absolute Gasteiger partial charge is 0.356 e. The van der Waals surface area contributed by atoms with Crippen LogP contribution in [0.4, 0.5) is 5.95 Å². The van der Waals surface area contributed by atoms with Crippen LogP contribution in [0.15, 0.2) is 24.4 Å². The molecular formula is C15H21N5O. The van der Waals surface area contributed by atoms with Gasteiger partial charge >= 0.3 is 0 Å². The Morgan fingerprint density at radius 2 is 2.33 bits per heavy atom. The molecule has 1 amide bonds. The molecule has 6 nitrogen and oxygen atoms in total. The third kappa shape index (κ3) is 2.84. The van der Waals surface area contributed by atoms with Crippen molar-refractivity contribution in [2.75, 3.05) is 24.5 Å². The van der Waals surface area contributed by atoms with E-state index in [0.717, 1.165) is 43.9 Å². The topological polar surface area (TPSA) is 62.5 Å². The van der Waals surface area contributed by atoms with Gasteiger partial charge in [0.1, 0.15) is 0 Å². The molecule has 0 aromatic carbocycles. The van der Waals surface area contributed by atoms with Crippen molar-refractivity contribution < 1.29 is 4.79 Å². The SMILES string of the molecule is CCCNC(=O)C1CCCN(c2nnc3ccccn23)C1. The van der Waals surface area contributed by atoms with Gasteiger partial charge in [0, 0.05) is 25.8 Å². The van der Waals surface area contributed by atoms with Crippen LogP contribution < -0.4 is 10.2 Å². The normalized spacial score (nSPS) is 18.9. The first kappa shape index (κ1) is 13.9. The Labute approximate surface area is 124 Å². The summed E-state index contributed by atoms with van der Waals surface area (Å²) >= 11 is 0. The third-order valence-electron chi connectivity index (χ3n) is 3.92. The van der Waals surface area contributed by atoms with Gasteiger partial charge in [-0.2, -0.15) is 0 Å². The lowest BCUT2D eigenvalue weighted by Crippen LogP contribution is -2.43. The lowest BCUT2D eigenvalue weighted by Gasteiger charge is -2.31. The molecule has 1 atom stereocenters. The molecule has 1 saturated heterocycles. The Morgan fingerprint density at radius 3 is 3.19 bits per heavy atom. The number of carbonyl (C=O) groups is 1. The van der Waals surface area contributed by atoms with Crippen molar-refractivity contribution in [2.45, 2.75) is 26.2 Å². The fourth-order valence-electron chi connectivity index (χ4n) is 2.81. The number of rotatable bonds is 4. The number of pyridine rings is 1. The fraction of sp³-hybridized carbons (Fsp3) is 0.533. The van der Waals surface area contributed by atoms with Gasteiger partial charge in [0.2, 0.25) is 11.9 Å². The Hall–Kier alpha value is -2.11. The van der Waals surface area contributed by atoms with Crippen molar-refractivity contribution in [2.24, 2.45) is 5.92 Å². The summed E-state index contributed by atoms with van der Waals surface area (Å²) < 4.78 is 1.98. The van der Waals surface area contributed by atoms with E-state index in [-0.39, 0.29) is 11.8 Å². The second-order valence-electron chi connectivity index (χ2n) is 5.51. The number of fused-ring (bicyclic) bond motifs is 1. The molecule has 3 heterocycles. The van der Waals surface area contributed by atoms with Crippen molar-refractivity contribution in [3.63, 3.8) is 0 Å². The van der Waals surface area contributed by atoms with E-state index in [1.54, 1.807) is 0 Å². The highest BCUT2D eigenvalue weighted by atomic mass is 16.1. The summed E-state index contributed by atoms with van der Waals surface area (Å²) in [5.74, 6) is 1.04. The van der Waals surface area contributed by atoms with Gasteiger partial charge in [0.25, 0.3) is 0 Å². The molecule has 2 aromatic rings. The molecule has 0 aliphatic carbocycles. The lowest BCUT2D eigenvalue weighted by atomic mass is 9.97. The average molecular weight is 287 g/mol. The van der Waals surface area contributed by atoms with Crippen LogP contribution in [0, 0.1) is 5.92 Å². The van der Waals surface area contributed by atoms with Crippen LogP contribution in [0.25, 0.3) is 5.65 Å². The summed E-state index contributed by atoms with van der Waals surface area (Å²) in [6.07, 6.45) is 4.89. The number of amides is 1. The van der Waals surface area contributed by atoms with Crippen LogP contribution >= 0.6 is 0 Å². The first-order valence-corrected chi connectivity index (χ1v) is 7.62. The molecule has 0 radical (unpaired) electrons. The maximum atomic E-state index is 12.2. The highest BCUT2D eigenvalue weighted by Crippen LogP contribution is 2.22. The van der Waals surface area contributed by atoms with Gasteiger partial charge < -0.3 is 10.2 Å². The van der Waals surface area contributed by atoms with Gasteiger partial charge in [-0.15, -0.1) is 10.2 Å². The lowest BCUT2D eigenvalue weighted by molar-refractivity contribution is -0.125. The number of piperidine rings is 1. The van der Waals surface area contributed by atoms with Crippen molar-refractivity contribution in [1.82, 2.24) is 19.9 Å². The summed E-state index contributed by atoms with van der Waals surface area (Å²) in [5.41, 5.74) is 0.838. The summed E-state index contributed by atoms with van der Waals surface area (Å²) in [6, 6.07) is 5.85. The van der Waals surface area contributed by atoms with Crippen molar-refractivity contribution in [3.8, 4) is 0 Å². The van der Waals surface area contributed by atoms with E-state index < -0.39 is 0 Å². The van der Waals surface area contributed by atoms with E-state index in [4.69, 9.17) is 0 Å². The van der Waals surface area contributed by atoms with Gasteiger partial charge in [-0.1, -0.05) is 13.0 Å². The number of nitrogens with zero attached hydrogens (tertiary/aromatic N) is 4. The summed E-state index contributed by atoms with van der Waals surface area (Å²) in [6.45, 7) is 4.46. The highest BCUT2D eigenvalue weighted by molar-refractivity contribution is 5.79. The minimum absolute atomic E-state index is 0.0429. The predicted molar refractivity (Wildman–Crippen MR) is 81.2 cm³/mol. The highest BCUT2D eigenvalue weighted by Gasteiger charge is 2.27.